The van der Waals surface area contributed by atoms with Gasteiger partial charge in [-0.1, -0.05) is 26.7 Å². The minimum atomic E-state index is 0.770. The summed E-state index contributed by atoms with van der Waals surface area (Å²) in [5, 5.41) is 3.71. The van der Waals surface area contributed by atoms with Crippen LogP contribution in [0.3, 0.4) is 0 Å². The SMILES string of the molecule is CC(C)CN(CC1CCCN1)C1CCC2(CCCC2)CC1. The summed E-state index contributed by atoms with van der Waals surface area (Å²) in [5.74, 6) is 0.800. The molecule has 1 atom stereocenters. The van der Waals surface area contributed by atoms with Crippen molar-refractivity contribution in [2.75, 3.05) is 19.6 Å². The molecule has 3 fully saturated rings. The van der Waals surface area contributed by atoms with E-state index in [0.717, 1.165) is 23.4 Å². The Hall–Kier alpha value is -0.0800. The van der Waals surface area contributed by atoms with Gasteiger partial charge in [0.05, 0.1) is 0 Å². The summed E-state index contributed by atoms with van der Waals surface area (Å²) >= 11 is 0. The van der Waals surface area contributed by atoms with Crippen molar-refractivity contribution in [2.24, 2.45) is 11.3 Å². The van der Waals surface area contributed by atoms with Crippen molar-refractivity contribution in [3.63, 3.8) is 0 Å². The van der Waals surface area contributed by atoms with Gasteiger partial charge in [-0.3, -0.25) is 4.90 Å². The molecule has 0 aromatic carbocycles. The highest BCUT2D eigenvalue weighted by atomic mass is 15.2. The first-order valence-corrected chi connectivity index (χ1v) is 9.64. The van der Waals surface area contributed by atoms with E-state index in [1.165, 1.54) is 83.8 Å². The van der Waals surface area contributed by atoms with Crippen LogP contribution in [0.15, 0.2) is 0 Å². The highest BCUT2D eigenvalue weighted by Gasteiger charge is 2.39. The Morgan fingerprint density at radius 2 is 1.71 bits per heavy atom. The Morgan fingerprint density at radius 1 is 1.00 bits per heavy atom. The molecule has 21 heavy (non-hydrogen) atoms. The molecule has 0 bridgehead atoms. The second-order valence-electron chi connectivity index (χ2n) is 8.58. The number of nitrogens with one attached hydrogen (secondary N) is 1. The molecule has 1 N–H and O–H groups in total. The molecule has 122 valence electrons. The molecule has 0 amide bonds. The lowest BCUT2D eigenvalue weighted by Gasteiger charge is -2.43. The van der Waals surface area contributed by atoms with Gasteiger partial charge in [0.1, 0.15) is 0 Å². The first-order valence-electron chi connectivity index (χ1n) is 9.64. The molecule has 0 aromatic heterocycles. The van der Waals surface area contributed by atoms with Crippen molar-refractivity contribution in [1.82, 2.24) is 10.2 Å². The van der Waals surface area contributed by atoms with Crippen LogP contribution in [0, 0.1) is 11.3 Å². The van der Waals surface area contributed by atoms with Crippen molar-refractivity contribution in [3.8, 4) is 0 Å². The minimum Gasteiger partial charge on any atom is -0.313 e. The molecule has 1 saturated heterocycles. The molecule has 2 nitrogen and oxygen atoms in total. The standard InChI is InChI=1S/C19H36N2/c1-16(2)14-21(15-17-6-5-13-20-17)18-7-11-19(12-8-18)9-3-4-10-19/h16-18,20H,3-15H2,1-2H3. The largest absolute Gasteiger partial charge is 0.313 e. The molecule has 1 spiro atoms. The van der Waals surface area contributed by atoms with Crippen molar-refractivity contribution < 1.29 is 0 Å². The van der Waals surface area contributed by atoms with Crippen LogP contribution in [0.1, 0.15) is 78.1 Å². The number of hydrogen-bond donors (Lipinski definition) is 1. The van der Waals surface area contributed by atoms with E-state index in [4.69, 9.17) is 0 Å². The molecule has 0 aromatic rings. The summed E-state index contributed by atoms with van der Waals surface area (Å²) in [6, 6.07) is 1.65. The van der Waals surface area contributed by atoms with E-state index >= 15 is 0 Å². The molecule has 3 aliphatic rings. The zero-order valence-electron chi connectivity index (χ0n) is 14.4. The fourth-order valence-electron chi connectivity index (χ4n) is 5.24. The van der Waals surface area contributed by atoms with Gasteiger partial charge in [-0.05, 0) is 69.2 Å². The minimum absolute atomic E-state index is 0.770. The number of rotatable bonds is 5. The maximum atomic E-state index is 3.71. The van der Waals surface area contributed by atoms with Gasteiger partial charge in [0.2, 0.25) is 0 Å². The van der Waals surface area contributed by atoms with Crippen molar-refractivity contribution in [3.05, 3.63) is 0 Å². The molecule has 3 rings (SSSR count). The summed E-state index contributed by atoms with van der Waals surface area (Å²) in [5.41, 5.74) is 0.783. The predicted molar refractivity (Wildman–Crippen MR) is 90.6 cm³/mol. The van der Waals surface area contributed by atoms with E-state index in [-0.39, 0.29) is 0 Å². The molecule has 2 aliphatic carbocycles. The quantitative estimate of drug-likeness (QED) is 0.817. The average molecular weight is 293 g/mol. The monoisotopic (exact) mass is 292 g/mol. The summed E-state index contributed by atoms with van der Waals surface area (Å²) < 4.78 is 0. The zero-order valence-corrected chi connectivity index (χ0v) is 14.4. The highest BCUT2D eigenvalue weighted by molar-refractivity contribution is 4.93. The van der Waals surface area contributed by atoms with Crippen LogP contribution in [-0.4, -0.2) is 36.6 Å². The third-order valence-corrected chi connectivity index (χ3v) is 6.41. The van der Waals surface area contributed by atoms with Crippen LogP contribution >= 0.6 is 0 Å². The Morgan fingerprint density at radius 3 is 2.29 bits per heavy atom. The van der Waals surface area contributed by atoms with Crippen LogP contribution in [-0.2, 0) is 0 Å². The Kier molecular flexibility index (Phi) is 5.27. The fourth-order valence-corrected chi connectivity index (χ4v) is 5.24. The van der Waals surface area contributed by atoms with Gasteiger partial charge >= 0.3 is 0 Å². The Labute approximate surface area is 132 Å². The van der Waals surface area contributed by atoms with E-state index in [0.29, 0.717) is 0 Å². The smallest absolute Gasteiger partial charge is 0.0195 e. The predicted octanol–water partition coefficient (Wildman–Crippen LogP) is 4.20. The van der Waals surface area contributed by atoms with Crippen molar-refractivity contribution in [2.45, 2.75) is 90.1 Å². The molecule has 1 aliphatic heterocycles. The second kappa shape index (κ2) is 7.00. The third-order valence-electron chi connectivity index (χ3n) is 6.41. The molecule has 2 saturated carbocycles. The second-order valence-corrected chi connectivity index (χ2v) is 8.58. The third kappa shape index (κ3) is 4.01. The topological polar surface area (TPSA) is 15.3 Å². The van der Waals surface area contributed by atoms with Gasteiger partial charge in [-0.2, -0.15) is 0 Å². The van der Waals surface area contributed by atoms with Gasteiger partial charge in [0.25, 0.3) is 0 Å². The Bertz CT molecular complexity index is 304. The summed E-state index contributed by atoms with van der Waals surface area (Å²) in [6.45, 7) is 8.62. The first kappa shape index (κ1) is 15.8. The maximum absolute atomic E-state index is 3.71. The van der Waals surface area contributed by atoms with Crippen molar-refractivity contribution in [1.29, 1.82) is 0 Å². The van der Waals surface area contributed by atoms with Crippen LogP contribution in [0.25, 0.3) is 0 Å². The summed E-state index contributed by atoms with van der Waals surface area (Å²) in [7, 11) is 0. The van der Waals surface area contributed by atoms with Gasteiger partial charge in [-0.15, -0.1) is 0 Å². The molecule has 1 heterocycles. The van der Waals surface area contributed by atoms with Crippen LogP contribution in [0.2, 0.25) is 0 Å². The van der Waals surface area contributed by atoms with E-state index in [1.807, 2.05) is 0 Å². The van der Waals surface area contributed by atoms with Crippen LogP contribution in [0.4, 0.5) is 0 Å². The molecule has 0 radical (unpaired) electrons. The van der Waals surface area contributed by atoms with Gasteiger partial charge < -0.3 is 5.32 Å². The average Bonchev–Trinajstić information content (AvgIpc) is 3.11. The van der Waals surface area contributed by atoms with Gasteiger partial charge in [0, 0.05) is 25.2 Å². The normalized spacial score (nSPS) is 30.0. The van der Waals surface area contributed by atoms with Gasteiger partial charge in [-0.25, -0.2) is 0 Å². The Balaban J connectivity index is 1.55. The van der Waals surface area contributed by atoms with Crippen LogP contribution in [0.5, 0.6) is 0 Å². The molecule has 2 heteroatoms. The first-order chi connectivity index (χ1) is 10.2. The molecule has 1 unspecified atom stereocenters. The molecular weight excluding hydrogens is 256 g/mol. The van der Waals surface area contributed by atoms with E-state index in [9.17, 15) is 0 Å². The number of hydrogen-bond acceptors (Lipinski definition) is 2. The van der Waals surface area contributed by atoms with Gasteiger partial charge in [0.15, 0.2) is 0 Å². The van der Waals surface area contributed by atoms with E-state index in [2.05, 4.69) is 24.1 Å². The lowest BCUT2D eigenvalue weighted by atomic mass is 9.71. The lowest BCUT2D eigenvalue weighted by Crippen LogP contribution is -2.47. The maximum Gasteiger partial charge on any atom is 0.0195 e. The van der Waals surface area contributed by atoms with Crippen molar-refractivity contribution >= 4 is 0 Å². The van der Waals surface area contributed by atoms with E-state index in [1.54, 1.807) is 0 Å². The molecular formula is C19H36N2. The fraction of sp³-hybridized carbons (Fsp3) is 1.00. The lowest BCUT2D eigenvalue weighted by molar-refractivity contribution is 0.0771. The zero-order chi connectivity index (χ0) is 14.7. The highest BCUT2D eigenvalue weighted by Crippen LogP contribution is 2.49. The summed E-state index contributed by atoms with van der Waals surface area (Å²) in [6.07, 6.45) is 14.8. The summed E-state index contributed by atoms with van der Waals surface area (Å²) in [4.78, 5) is 2.86. The van der Waals surface area contributed by atoms with E-state index < -0.39 is 0 Å². The number of nitrogens with zero attached hydrogens (tertiary/aromatic N) is 1. The van der Waals surface area contributed by atoms with Crippen LogP contribution < -0.4 is 5.32 Å².